The van der Waals surface area contributed by atoms with Crippen molar-refractivity contribution in [1.29, 1.82) is 0 Å². The molecule has 6 nitrogen and oxygen atoms in total. The summed E-state index contributed by atoms with van der Waals surface area (Å²) in [6.45, 7) is 5.72. The first-order valence-corrected chi connectivity index (χ1v) is 8.15. The van der Waals surface area contributed by atoms with Gasteiger partial charge in [0, 0.05) is 5.56 Å². The summed E-state index contributed by atoms with van der Waals surface area (Å²) in [5.74, 6) is 1.29. The maximum absolute atomic E-state index is 12.2. The maximum atomic E-state index is 12.2. The van der Waals surface area contributed by atoms with E-state index in [-0.39, 0.29) is 11.0 Å². The second kappa shape index (κ2) is 7.37. The number of aryl methyl sites for hydroxylation is 2. The molecule has 0 aliphatic carbocycles. The van der Waals surface area contributed by atoms with Gasteiger partial charge >= 0.3 is 0 Å². The molecule has 22 heavy (non-hydrogen) atoms. The van der Waals surface area contributed by atoms with Crippen LogP contribution in [-0.2, 0) is 0 Å². The van der Waals surface area contributed by atoms with Gasteiger partial charge in [-0.2, -0.15) is 0 Å². The molecule has 116 valence electrons. The van der Waals surface area contributed by atoms with Gasteiger partial charge in [-0.1, -0.05) is 36.9 Å². The molecule has 0 aliphatic rings. The fourth-order valence-electron chi connectivity index (χ4n) is 1.82. The molecular formula is C14H17N5OS2. The summed E-state index contributed by atoms with van der Waals surface area (Å²) in [7, 11) is 0. The first-order valence-electron chi connectivity index (χ1n) is 6.75. The van der Waals surface area contributed by atoms with Crippen molar-refractivity contribution in [2.75, 3.05) is 11.2 Å². The number of carbonyl (C=O) groups is 1. The van der Waals surface area contributed by atoms with Crippen LogP contribution in [0.3, 0.4) is 0 Å². The Morgan fingerprint density at radius 3 is 2.73 bits per heavy atom. The number of thioether (sulfide) groups is 1. The molecule has 0 atom stereocenters. The van der Waals surface area contributed by atoms with E-state index >= 15 is 0 Å². The van der Waals surface area contributed by atoms with Crippen molar-refractivity contribution in [2.45, 2.75) is 25.9 Å². The van der Waals surface area contributed by atoms with E-state index in [2.05, 4.69) is 20.9 Å². The molecular weight excluding hydrogens is 318 g/mol. The molecule has 1 aromatic carbocycles. The molecule has 0 bridgehead atoms. The van der Waals surface area contributed by atoms with E-state index in [1.165, 1.54) is 11.8 Å². The number of amides is 1. The van der Waals surface area contributed by atoms with Crippen LogP contribution in [0.2, 0.25) is 0 Å². The Morgan fingerprint density at radius 1 is 1.32 bits per heavy atom. The highest BCUT2D eigenvalue weighted by Gasteiger charge is 2.13. The van der Waals surface area contributed by atoms with Gasteiger partial charge in [0.15, 0.2) is 5.11 Å². The zero-order chi connectivity index (χ0) is 16.1. The van der Waals surface area contributed by atoms with Crippen molar-refractivity contribution < 1.29 is 4.79 Å². The van der Waals surface area contributed by atoms with Gasteiger partial charge in [-0.25, -0.2) is 4.68 Å². The highest BCUT2D eigenvalue weighted by Crippen LogP contribution is 2.14. The number of thiocarbonyl (C=S) groups is 1. The summed E-state index contributed by atoms with van der Waals surface area (Å²) in [5.41, 5.74) is 4.42. The minimum Gasteiger partial charge on any atom is -0.298 e. The Kier molecular flexibility index (Phi) is 5.51. The van der Waals surface area contributed by atoms with Crippen molar-refractivity contribution in [1.82, 2.24) is 20.2 Å². The number of nitrogens with zero attached hydrogens (tertiary/aromatic N) is 3. The van der Waals surface area contributed by atoms with E-state index in [1.807, 2.05) is 39.0 Å². The van der Waals surface area contributed by atoms with Gasteiger partial charge in [-0.3, -0.25) is 15.5 Å². The molecule has 2 rings (SSSR count). The normalized spacial score (nSPS) is 10.3. The van der Waals surface area contributed by atoms with Gasteiger partial charge in [0.05, 0.1) is 0 Å². The number of benzene rings is 1. The molecule has 8 heteroatoms. The van der Waals surface area contributed by atoms with Gasteiger partial charge in [0.25, 0.3) is 5.91 Å². The molecule has 0 radical (unpaired) electrons. The van der Waals surface area contributed by atoms with Crippen LogP contribution in [0.25, 0.3) is 0 Å². The zero-order valence-electron chi connectivity index (χ0n) is 12.6. The van der Waals surface area contributed by atoms with E-state index in [0.717, 1.165) is 11.3 Å². The third-order valence-electron chi connectivity index (χ3n) is 2.90. The zero-order valence-corrected chi connectivity index (χ0v) is 14.2. The smallest absolute Gasteiger partial charge is 0.257 e. The highest BCUT2D eigenvalue weighted by atomic mass is 32.2. The van der Waals surface area contributed by atoms with Crippen molar-refractivity contribution in [2.24, 2.45) is 0 Å². The lowest BCUT2D eigenvalue weighted by Crippen LogP contribution is -2.38. The Morgan fingerprint density at radius 2 is 2.05 bits per heavy atom. The first kappa shape index (κ1) is 16.4. The van der Waals surface area contributed by atoms with E-state index in [4.69, 9.17) is 12.2 Å². The largest absolute Gasteiger partial charge is 0.298 e. The summed E-state index contributed by atoms with van der Waals surface area (Å²) in [5, 5.41) is 11.6. The molecule has 0 fully saturated rings. The van der Waals surface area contributed by atoms with Gasteiger partial charge in [0.2, 0.25) is 5.16 Å². The molecule has 0 spiro atoms. The molecule has 0 unspecified atom stereocenters. The Bertz CT molecular complexity index is 698. The first-order chi connectivity index (χ1) is 10.5. The number of aromatic nitrogens is 3. The maximum Gasteiger partial charge on any atom is 0.257 e. The molecule has 1 heterocycles. The molecule has 1 aromatic heterocycles. The molecule has 2 aromatic rings. The summed E-state index contributed by atoms with van der Waals surface area (Å²) >= 11 is 6.73. The topological polar surface area (TPSA) is 71.8 Å². The average Bonchev–Trinajstić information content (AvgIpc) is 2.81. The predicted octanol–water partition coefficient (Wildman–Crippen LogP) is 2.27. The molecule has 0 saturated carbocycles. The average molecular weight is 335 g/mol. The number of hydrogen-bond donors (Lipinski definition) is 2. The van der Waals surface area contributed by atoms with Crippen LogP contribution < -0.4 is 10.7 Å². The van der Waals surface area contributed by atoms with Crippen molar-refractivity contribution in [3.8, 4) is 0 Å². The van der Waals surface area contributed by atoms with Crippen LogP contribution in [0.15, 0.2) is 29.4 Å². The van der Waals surface area contributed by atoms with Crippen LogP contribution in [0.1, 0.15) is 28.7 Å². The summed E-state index contributed by atoms with van der Waals surface area (Å²) in [6.07, 6.45) is 0. The van der Waals surface area contributed by atoms with Crippen LogP contribution in [-0.4, -0.2) is 31.6 Å². The number of rotatable bonds is 4. The molecule has 2 N–H and O–H groups in total. The number of carbonyl (C=O) groups excluding carboxylic acids is 1. The summed E-state index contributed by atoms with van der Waals surface area (Å²) in [4.78, 5) is 12.2. The monoisotopic (exact) mass is 335 g/mol. The summed E-state index contributed by atoms with van der Waals surface area (Å²) in [6, 6.07) is 7.34. The highest BCUT2D eigenvalue weighted by molar-refractivity contribution is 7.99. The quantitative estimate of drug-likeness (QED) is 0.660. The van der Waals surface area contributed by atoms with E-state index in [1.54, 1.807) is 10.7 Å². The van der Waals surface area contributed by atoms with Crippen molar-refractivity contribution in [3.63, 3.8) is 0 Å². The SMILES string of the molecule is CCSc1nnc(C)n1NC(=S)NC(=O)c1ccccc1C. The molecule has 1 amide bonds. The van der Waals surface area contributed by atoms with Crippen LogP contribution >= 0.6 is 24.0 Å². The third kappa shape index (κ3) is 3.83. The summed E-state index contributed by atoms with van der Waals surface area (Å²) < 4.78 is 1.66. The molecule has 0 aliphatic heterocycles. The number of nitrogens with one attached hydrogen (secondary N) is 2. The lowest BCUT2D eigenvalue weighted by atomic mass is 10.1. The molecule has 0 saturated heterocycles. The minimum atomic E-state index is -0.244. The second-order valence-corrected chi connectivity index (χ2v) is 6.15. The fraction of sp³-hybridized carbons (Fsp3) is 0.286. The Balaban J connectivity index is 2.06. The van der Waals surface area contributed by atoms with Gasteiger partial charge < -0.3 is 0 Å². The van der Waals surface area contributed by atoms with Crippen LogP contribution in [0.5, 0.6) is 0 Å². The van der Waals surface area contributed by atoms with E-state index in [0.29, 0.717) is 16.5 Å². The fourth-order valence-corrected chi connectivity index (χ4v) is 2.67. The van der Waals surface area contributed by atoms with E-state index < -0.39 is 0 Å². The van der Waals surface area contributed by atoms with Crippen LogP contribution in [0.4, 0.5) is 0 Å². The van der Waals surface area contributed by atoms with Gasteiger partial charge in [0.1, 0.15) is 5.82 Å². The van der Waals surface area contributed by atoms with Crippen molar-refractivity contribution >= 4 is 35.0 Å². The minimum absolute atomic E-state index is 0.203. The number of hydrogen-bond acceptors (Lipinski definition) is 5. The van der Waals surface area contributed by atoms with Crippen LogP contribution in [0, 0.1) is 13.8 Å². The van der Waals surface area contributed by atoms with Gasteiger partial charge in [-0.15, -0.1) is 10.2 Å². The Labute approximate surface area is 138 Å². The van der Waals surface area contributed by atoms with E-state index in [9.17, 15) is 4.79 Å². The lowest BCUT2D eigenvalue weighted by Gasteiger charge is -2.13. The standard InChI is InChI=1S/C14H17N5OS2/c1-4-22-14-17-16-10(3)19(14)18-13(21)15-12(20)11-8-6-5-7-9(11)2/h5-8H,4H2,1-3H3,(H2,15,18,20,21). The lowest BCUT2D eigenvalue weighted by molar-refractivity contribution is 0.0977. The van der Waals surface area contributed by atoms with Gasteiger partial charge in [-0.05, 0) is 43.4 Å². The Hall–Kier alpha value is -1.93. The third-order valence-corrected chi connectivity index (χ3v) is 3.90. The predicted molar refractivity (Wildman–Crippen MR) is 91.8 cm³/mol. The van der Waals surface area contributed by atoms with Crippen molar-refractivity contribution in [3.05, 3.63) is 41.2 Å². The second-order valence-electron chi connectivity index (χ2n) is 4.51.